The van der Waals surface area contributed by atoms with Gasteiger partial charge in [0.2, 0.25) is 11.8 Å². The van der Waals surface area contributed by atoms with Crippen molar-refractivity contribution in [1.29, 1.82) is 0 Å². The van der Waals surface area contributed by atoms with Gasteiger partial charge in [0.1, 0.15) is 18.3 Å². The first kappa shape index (κ1) is 36.6. The van der Waals surface area contributed by atoms with E-state index in [0.29, 0.717) is 12.3 Å². The molecule has 0 spiro atoms. The van der Waals surface area contributed by atoms with Gasteiger partial charge in [0, 0.05) is 35.1 Å². The molecule has 48 heavy (non-hydrogen) atoms. The van der Waals surface area contributed by atoms with Gasteiger partial charge >= 0.3 is 0 Å². The minimum atomic E-state index is -4.48. The summed E-state index contributed by atoms with van der Waals surface area (Å²) in [4.78, 5) is 29.6. The molecule has 0 heterocycles. The molecule has 13 heteroatoms. The third-order valence-electron chi connectivity index (χ3n) is 7.52. The molecule has 0 aliphatic heterocycles. The van der Waals surface area contributed by atoms with Gasteiger partial charge < -0.3 is 24.4 Å². The lowest BCUT2D eigenvalue weighted by molar-refractivity contribution is -0.140. The quantitative estimate of drug-likeness (QED) is 0.156. The van der Waals surface area contributed by atoms with Crippen molar-refractivity contribution in [1.82, 2.24) is 10.2 Å². The number of likely N-dealkylation sites (N-methyl/N-ethyl adjacent to an activating group) is 1. The van der Waals surface area contributed by atoms with E-state index in [1.54, 1.807) is 13.0 Å². The lowest BCUT2D eigenvalue weighted by Crippen LogP contribution is -2.53. The molecule has 0 bridgehead atoms. The molecule has 1 N–H and O–H groups in total. The summed E-state index contributed by atoms with van der Waals surface area (Å²) >= 11 is 9.81. The number of methoxy groups -OCH3 is 3. The number of hydrogen-bond acceptors (Lipinski definition) is 7. The third-order valence-corrected chi connectivity index (χ3v) is 10.0. The van der Waals surface area contributed by atoms with Crippen molar-refractivity contribution >= 4 is 55.1 Å². The van der Waals surface area contributed by atoms with Crippen LogP contribution in [0.4, 0.5) is 5.69 Å². The predicted octanol–water partition coefficient (Wildman–Crippen LogP) is 6.10. The van der Waals surface area contributed by atoms with Crippen LogP contribution in [-0.2, 0) is 32.6 Å². The van der Waals surface area contributed by atoms with Crippen LogP contribution in [0.2, 0.25) is 5.02 Å². The van der Waals surface area contributed by atoms with Crippen LogP contribution in [0.25, 0.3) is 0 Å². The van der Waals surface area contributed by atoms with Crippen molar-refractivity contribution in [3.63, 3.8) is 0 Å². The van der Waals surface area contributed by atoms with Gasteiger partial charge in [0.25, 0.3) is 10.0 Å². The van der Waals surface area contributed by atoms with Gasteiger partial charge in [-0.1, -0.05) is 70.0 Å². The average molecular weight is 759 g/mol. The lowest BCUT2D eigenvalue weighted by atomic mass is 10.0. The fourth-order valence-electron chi connectivity index (χ4n) is 5.11. The zero-order valence-electron chi connectivity index (χ0n) is 27.0. The summed E-state index contributed by atoms with van der Waals surface area (Å²) < 4.78 is 47.0. The van der Waals surface area contributed by atoms with Crippen LogP contribution in [-0.4, -0.2) is 65.6 Å². The first-order chi connectivity index (χ1) is 23.0. The zero-order chi connectivity index (χ0) is 34.8. The van der Waals surface area contributed by atoms with E-state index in [1.807, 2.05) is 54.6 Å². The van der Waals surface area contributed by atoms with Gasteiger partial charge in [0.15, 0.2) is 11.5 Å². The van der Waals surface area contributed by atoms with Crippen LogP contribution in [0.15, 0.2) is 100 Å². The Hall–Kier alpha value is -4.26. The maximum Gasteiger partial charge on any atom is 0.265 e. The van der Waals surface area contributed by atoms with Crippen molar-refractivity contribution in [3.05, 3.63) is 112 Å². The summed E-state index contributed by atoms with van der Waals surface area (Å²) in [6, 6.07) is 24.3. The Bertz CT molecular complexity index is 1830. The molecule has 0 aromatic heterocycles. The molecule has 0 unspecified atom stereocenters. The molecule has 2 amide bonds. The molecule has 4 rings (SSSR count). The highest BCUT2D eigenvalue weighted by molar-refractivity contribution is 9.10. The second kappa shape index (κ2) is 16.7. The van der Waals surface area contributed by atoms with E-state index in [4.69, 9.17) is 25.8 Å². The summed E-state index contributed by atoms with van der Waals surface area (Å²) in [5.74, 6) is -0.331. The van der Waals surface area contributed by atoms with Gasteiger partial charge in [0.05, 0.1) is 31.9 Å². The van der Waals surface area contributed by atoms with Crippen LogP contribution in [0.1, 0.15) is 18.1 Å². The maximum absolute atomic E-state index is 14.6. The topological polar surface area (TPSA) is 114 Å². The van der Waals surface area contributed by atoms with E-state index >= 15 is 0 Å². The van der Waals surface area contributed by atoms with E-state index < -0.39 is 28.5 Å². The van der Waals surface area contributed by atoms with Crippen LogP contribution in [0, 0.1) is 0 Å². The van der Waals surface area contributed by atoms with Crippen molar-refractivity contribution in [2.75, 3.05) is 38.7 Å². The molecule has 4 aromatic rings. The number of halogens is 2. The molecular weight excluding hydrogens is 722 g/mol. The van der Waals surface area contributed by atoms with Crippen LogP contribution < -0.4 is 23.8 Å². The number of anilines is 1. The van der Waals surface area contributed by atoms with Crippen LogP contribution in [0.3, 0.4) is 0 Å². The van der Waals surface area contributed by atoms with Crippen LogP contribution in [0.5, 0.6) is 17.2 Å². The lowest BCUT2D eigenvalue weighted by Gasteiger charge is -2.34. The van der Waals surface area contributed by atoms with E-state index in [9.17, 15) is 18.0 Å². The first-order valence-electron chi connectivity index (χ1n) is 15.0. The van der Waals surface area contributed by atoms with Crippen molar-refractivity contribution in [2.45, 2.75) is 30.8 Å². The van der Waals surface area contributed by atoms with Gasteiger partial charge in [-0.15, -0.1) is 0 Å². The Labute approximate surface area is 294 Å². The van der Waals surface area contributed by atoms with E-state index in [-0.39, 0.29) is 46.0 Å². The zero-order valence-corrected chi connectivity index (χ0v) is 30.1. The number of benzene rings is 4. The van der Waals surface area contributed by atoms with Gasteiger partial charge in [-0.25, -0.2) is 8.42 Å². The number of ether oxygens (including phenoxy) is 3. The van der Waals surface area contributed by atoms with E-state index in [1.165, 1.54) is 56.6 Å². The van der Waals surface area contributed by atoms with Crippen molar-refractivity contribution in [2.24, 2.45) is 0 Å². The largest absolute Gasteiger partial charge is 0.495 e. The molecule has 10 nitrogen and oxygen atoms in total. The maximum atomic E-state index is 14.6. The number of amides is 2. The number of rotatable bonds is 15. The number of hydrogen-bond donors (Lipinski definition) is 1. The summed E-state index contributed by atoms with van der Waals surface area (Å²) in [5, 5.41) is 3.07. The predicted molar refractivity (Wildman–Crippen MR) is 189 cm³/mol. The summed E-state index contributed by atoms with van der Waals surface area (Å²) in [6.07, 6.45) is 0.192. The molecule has 0 aliphatic rings. The Kier molecular flexibility index (Phi) is 12.7. The molecule has 0 radical (unpaired) electrons. The minimum absolute atomic E-state index is 0.0255. The fraction of sp³-hybridized carbons (Fsp3) is 0.257. The number of nitrogens with one attached hydrogen (secondary N) is 1. The van der Waals surface area contributed by atoms with E-state index in [2.05, 4.69) is 21.2 Å². The molecule has 254 valence electrons. The molecule has 0 saturated heterocycles. The fourth-order valence-corrected chi connectivity index (χ4v) is 6.97. The Morgan fingerprint density at radius 1 is 0.833 bits per heavy atom. The van der Waals surface area contributed by atoms with Gasteiger partial charge in [-0.3, -0.25) is 13.9 Å². The highest BCUT2D eigenvalue weighted by atomic mass is 79.9. The van der Waals surface area contributed by atoms with Crippen molar-refractivity contribution in [3.8, 4) is 17.2 Å². The third kappa shape index (κ3) is 8.80. The average Bonchev–Trinajstić information content (AvgIpc) is 3.09. The number of nitrogens with zero attached hydrogens (tertiary/aromatic N) is 2. The molecule has 0 aliphatic carbocycles. The number of carbonyl (C=O) groups is 2. The smallest absolute Gasteiger partial charge is 0.265 e. The monoisotopic (exact) mass is 757 g/mol. The van der Waals surface area contributed by atoms with E-state index in [0.717, 1.165) is 19.9 Å². The summed E-state index contributed by atoms with van der Waals surface area (Å²) in [5.41, 5.74) is 1.60. The highest BCUT2D eigenvalue weighted by Gasteiger charge is 2.36. The second-order valence-corrected chi connectivity index (χ2v) is 13.8. The molecule has 1 atom stereocenters. The SMILES string of the molecule is CCNC(=O)[C@H](Cc1ccccc1)N(Cc1ccc(Br)cc1)C(=O)CN(c1cc(Cl)ccc1OC)S(=O)(=O)c1ccc(OC)c(OC)c1. The molecular formula is C35H37BrClN3O7S. The van der Waals surface area contributed by atoms with Gasteiger partial charge in [-0.2, -0.15) is 0 Å². The number of carbonyl (C=O) groups excluding carboxylic acids is 2. The summed E-state index contributed by atoms with van der Waals surface area (Å²) in [6.45, 7) is 1.47. The Balaban J connectivity index is 1.87. The normalized spacial score (nSPS) is 11.7. The minimum Gasteiger partial charge on any atom is -0.495 e. The molecule has 0 saturated carbocycles. The Morgan fingerprint density at radius 2 is 1.48 bits per heavy atom. The van der Waals surface area contributed by atoms with Crippen molar-refractivity contribution < 1.29 is 32.2 Å². The molecule has 0 fully saturated rings. The van der Waals surface area contributed by atoms with Gasteiger partial charge in [-0.05, 0) is 60.5 Å². The standard InChI is InChI=1S/C35H37BrClN3O7S/c1-5-38-35(42)30(19-24-9-7-6-8-10-24)39(22-25-11-13-26(36)14-12-25)34(41)23-40(29-20-27(37)15-17-31(29)45-2)48(43,44)28-16-18-32(46-3)33(21-28)47-4/h6-18,20-21,30H,5,19,22-23H2,1-4H3,(H,38,42)/t30-/m0/s1. The highest BCUT2D eigenvalue weighted by Crippen LogP contribution is 2.37. The van der Waals surface area contributed by atoms with Crippen LogP contribution >= 0.6 is 27.5 Å². The Morgan fingerprint density at radius 3 is 2.10 bits per heavy atom. The summed E-state index contributed by atoms with van der Waals surface area (Å²) in [7, 11) is -0.257. The molecule has 4 aromatic carbocycles. The second-order valence-electron chi connectivity index (χ2n) is 10.6. The number of sulfonamides is 1. The first-order valence-corrected chi connectivity index (χ1v) is 17.6.